The molecule has 0 aliphatic heterocycles. The Hall–Kier alpha value is -9.18. The van der Waals surface area contributed by atoms with Crippen LogP contribution in [0.15, 0.2) is 273 Å². The van der Waals surface area contributed by atoms with Crippen molar-refractivity contribution in [3.8, 4) is 27.9 Å². The highest BCUT2D eigenvalue weighted by Crippen LogP contribution is 2.46. The standard InChI is InChI=1S/C66H45N3/c1-3-17-46(18-4-1)47-33-37-53(38-34-47)69(63-32-16-22-49-20-8-10-26-57(49)63)65-44-42-55(58-27-11-12-28-59(58)65)50-35-39-52(40-36-50)67(62-31-15-21-48-19-7-9-25-56(48)62)54-41-43-66-61(45-54)60-29-13-14-30-64(60)68(66)51-23-5-2-6-24-51/h1-45H. The number of aromatic nitrogens is 1. The molecule has 0 aliphatic rings. The second-order valence-electron chi connectivity index (χ2n) is 17.7. The van der Waals surface area contributed by atoms with Crippen molar-refractivity contribution in [1.82, 2.24) is 4.57 Å². The minimum absolute atomic E-state index is 1.09. The highest BCUT2D eigenvalue weighted by atomic mass is 15.2. The van der Waals surface area contributed by atoms with Crippen molar-refractivity contribution in [2.75, 3.05) is 9.80 Å². The maximum absolute atomic E-state index is 2.43. The molecule has 0 amide bonds. The summed E-state index contributed by atoms with van der Waals surface area (Å²) >= 11 is 0. The van der Waals surface area contributed by atoms with E-state index in [4.69, 9.17) is 0 Å². The molecule has 0 bridgehead atoms. The van der Waals surface area contributed by atoms with E-state index in [2.05, 4.69) is 287 Å². The average Bonchev–Trinajstić information content (AvgIpc) is 3.76. The molecule has 0 fully saturated rings. The zero-order chi connectivity index (χ0) is 45.7. The Balaban J connectivity index is 0.944. The zero-order valence-corrected chi connectivity index (χ0v) is 37.8. The van der Waals surface area contributed by atoms with Crippen LogP contribution >= 0.6 is 0 Å². The van der Waals surface area contributed by atoms with Crippen LogP contribution in [0, 0.1) is 0 Å². The number of benzene rings is 12. The van der Waals surface area contributed by atoms with Gasteiger partial charge in [-0.3, -0.25) is 0 Å². The van der Waals surface area contributed by atoms with Crippen molar-refractivity contribution in [3.05, 3.63) is 273 Å². The van der Waals surface area contributed by atoms with Gasteiger partial charge >= 0.3 is 0 Å². The van der Waals surface area contributed by atoms with E-state index in [0.29, 0.717) is 0 Å². The van der Waals surface area contributed by atoms with Crippen LogP contribution in [-0.2, 0) is 0 Å². The molecule has 324 valence electrons. The quantitative estimate of drug-likeness (QED) is 0.143. The smallest absolute Gasteiger partial charge is 0.0542 e. The fourth-order valence-electron chi connectivity index (χ4n) is 10.6. The maximum atomic E-state index is 2.43. The van der Waals surface area contributed by atoms with Crippen LogP contribution in [0.2, 0.25) is 0 Å². The normalized spacial score (nSPS) is 11.5. The molecule has 13 aromatic rings. The van der Waals surface area contributed by atoms with E-state index in [-0.39, 0.29) is 0 Å². The van der Waals surface area contributed by atoms with Crippen LogP contribution < -0.4 is 9.80 Å². The first-order valence-corrected chi connectivity index (χ1v) is 23.7. The Morgan fingerprint density at radius 2 is 0.710 bits per heavy atom. The lowest BCUT2D eigenvalue weighted by molar-refractivity contribution is 1.18. The molecular weight excluding hydrogens is 835 g/mol. The molecule has 0 atom stereocenters. The number of fused-ring (bicyclic) bond motifs is 6. The van der Waals surface area contributed by atoms with Crippen LogP contribution in [0.1, 0.15) is 0 Å². The van der Waals surface area contributed by atoms with Crippen LogP contribution in [0.3, 0.4) is 0 Å². The minimum Gasteiger partial charge on any atom is -0.310 e. The lowest BCUT2D eigenvalue weighted by Crippen LogP contribution is -2.11. The number of nitrogens with zero attached hydrogens (tertiary/aromatic N) is 3. The predicted molar refractivity (Wildman–Crippen MR) is 294 cm³/mol. The third-order valence-corrected chi connectivity index (χ3v) is 13.8. The second kappa shape index (κ2) is 16.9. The minimum atomic E-state index is 1.09. The van der Waals surface area contributed by atoms with Gasteiger partial charge in [0.2, 0.25) is 0 Å². The molecule has 1 heterocycles. The van der Waals surface area contributed by atoms with Gasteiger partial charge in [0.05, 0.1) is 28.1 Å². The molecule has 0 saturated carbocycles. The van der Waals surface area contributed by atoms with Gasteiger partial charge in [-0.25, -0.2) is 0 Å². The Kier molecular flexibility index (Phi) is 9.84. The molecule has 0 aliphatic carbocycles. The summed E-state index contributed by atoms with van der Waals surface area (Å²) in [5, 5.41) is 9.62. The molecule has 3 heteroatoms. The fraction of sp³-hybridized carbons (Fsp3) is 0. The first kappa shape index (κ1) is 40.1. The van der Waals surface area contributed by atoms with E-state index in [1.54, 1.807) is 0 Å². The van der Waals surface area contributed by atoms with Gasteiger partial charge in [0.15, 0.2) is 0 Å². The summed E-state index contributed by atoms with van der Waals surface area (Å²) in [6, 6.07) is 99.2. The Morgan fingerprint density at radius 1 is 0.246 bits per heavy atom. The summed E-state index contributed by atoms with van der Waals surface area (Å²) < 4.78 is 2.38. The van der Waals surface area contributed by atoms with E-state index >= 15 is 0 Å². The molecule has 69 heavy (non-hydrogen) atoms. The zero-order valence-electron chi connectivity index (χ0n) is 37.8. The predicted octanol–water partition coefficient (Wildman–Crippen LogP) is 18.5. The number of hydrogen-bond donors (Lipinski definition) is 0. The van der Waals surface area contributed by atoms with Crippen molar-refractivity contribution >= 4 is 88.2 Å². The van der Waals surface area contributed by atoms with E-state index in [0.717, 1.165) is 45.4 Å². The summed E-state index contributed by atoms with van der Waals surface area (Å²) in [6.07, 6.45) is 0. The number of hydrogen-bond acceptors (Lipinski definition) is 2. The maximum Gasteiger partial charge on any atom is 0.0542 e. The van der Waals surface area contributed by atoms with Gasteiger partial charge < -0.3 is 14.4 Å². The summed E-state index contributed by atoms with van der Waals surface area (Å²) in [4.78, 5) is 4.86. The van der Waals surface area contributed by atoms with Crippen molar-refractivity contribution in [1.29, 1.82) is 0 Å². The Labute approximate surface area is 401 Å². The van der Waals surface area contributed by atoms with Crippen LogP contribution in [-0.4, -0.2) is 4.57 Å². The van der Waals surface area contributed by atoms with Crippen LogP contribution in [0.25, 0.3) is 82.1 Å². The van der Waals surface area contributed by atoms with Crippen molar-refractivity contribution in [3.63, 3.8) is 0 Å². The molecule has 3 nitrogen and oxygen atoms in total. The Morgan fingerprint density at radius 3 is 1.39 bits per heavy atom. The summed E-state index contributed by atoms with van der Waals surface area (Å²) in [6.45, 7) is 0. The van der Waals surface area contributed by atoms with E-state index in [1.807, 2.05) is 0 Å². The summed E-state index contributed by atoms with van der Waals surface area (Å²) in [7, 11) is 0. The molecule has 0 N–H and O–H groups in total. The highest BCUT2D eigenvalue weighted by molar-refractivity contribution is 6.12. The lowest BCUT2D eigenvalue weighted by Gasteiger charge is -2.29. The van der Waals surface area contributed by atoms with Crippen LogP contribution in [0.4, 0.5) is 34.1 Å². The molecule has 13 rings (SSSR count). The number of rotatable bonds is 9. The third-order valence-electron chi connectivity index (χ3n) is 13.8. The molecule has 0 unspecified atom stereocenters. The van der Waals surface area contributed by atoms with Gasteiger partial charge in [-0.2, -0.15) is 0 Å². The number of anilines is 6. The van der Waals surface area contributed by atoms with Gasteiger partial charge in [-0.1, -0.05) is 194 Å². The second-order valence-corrected chi connectivity index (χ2v) is 17.7. The summed E-state index contributed by atoms with van der Waals surface area (Å²) in [5.74, 6) is 0. The van der Waals surface area contributed by atoms with Crippen molar-refractivity contribution in [2.24, 2.45) is 0 Å². The monoisotopic (exact) mass is 879 g/mol. The van der Waals surface area contributed by atoms with Crippen LogP contribution in [0.5, 0.6) is 0 Å². The molecule has 0 saturated heterocycles. The van der Waals surface area contributed by atoms with Gasteiger partial charge in [0.25, 0.3) is 0 Å². The lowest BCUT2D eigenvalue weighted by atomic mass is 9.95. The molecule has 0 radical (unpaired) electrons. The fourth-order valence-corrected chi connectivity index (χ4v) is 10.6. The molecule has 0 spiro atoms. The van der Waals surface area contributed by atoms with E-state index < -0.39 is 0 Å². The van der Waals surface area contributed by atoms with Gasteiger partial charge in [0.1, 0.15) is 0 Å². The summed E-state index contributed by atoms with van der Waals surface area (Å²) in [5.41, 5.74) is 14.9. The molecular formula is C66H45N3. The van der Waals surface area contributed by atoms with E-state index in [1.165, 1.54) is 70.8 Å². The molecule has 12 aromatic carbocycles. The SMILES string of the molecule is c1ccc(-c2ccc(N(c3cccc4ccccc34)c3ccc(-c4ccc(N(c5ccc6c(c5)c5ccccc5n6-c5ccccc5)c5cccc6ccccc56)cc4)c4ccccc34)cc2)cc1. The topological polar surface area (TPSA) is 11.4 Å². The van der Waals surface area contributed by atoms with Crippen molar-refractivity contribution in [2.45, 2.75) is 0 Å². The Bertz CT molecular complexity index is 3990. The average molecular weight is 880 g/mol. The highest BCUT2D eigenvalue weighted by Gasteiger charge is 2.22. The molecule has 1 aromatic heterocycles. The first-order valence-electron chi connectivity index (χ1n) is 23.7. The van der Waals surface area contributed by atoms with Gasteiger partial charge in [-0.15, -0.1) is 0 Å². The third kappa shape index (κ3) is 6.99. The first-order chi connectivity index (χ1) is 34.2. The van der Waals surface area contributed by atoms with E-state index in [9.17, 15) is 0 Å². The largest absolute Gasteiger partial charge is 0.310 e. The van der Waals surface area contributed by atoms with Crippen molar-refractivity contribution < 1.29 is 0 Å². The number of para-hydroxylation sites is 2. The van der Waals surface area contributed by atoms with Gasteiger partial charge in [0, 0.05) is 49.7 Å². The van der Waals surface area contributed by atoms with Gasteiger partial charge in [-0.05, 0) is 117 Å².